The summed E-state index contributed by atoms with van der Waals surface area (Å²) in [7, 11) is -0.671. The maximum Gasteiger partial charge on any atom is 0.0441 e. The molecule has 1 fully saturated rings. The molecule has 1 N–H and O–H groups in total. The largest absolute Gasteiger partial charge is 0.316 e. The molecule has 72 valence electrons. The molecule has 0 saturated heterocycles. The van der Waals surface area contributed by atoms with Gasteiger partial charge in [0.25, 0.3) is 0 Å². The molecule has 0 aromatic carbocycles. The van der Waals surface area contributed by atoms with E-state index in [1.54, 1.807) is 6.26 Å². The highest BCUT2D eigenvalue weighted by Crippen LogP contribution is 2.31. The van der Waals surface area contributed by atoms with Crippen molar-refractivity contribution in [2.75, 3.05) is 19.3 Å². The van der Waals surface area contributed by atoms with Crippen LogP contribution in [-0.4, -0.2) is 28.8 Å². The van der Waals surface area contributed by atoms with E-state index in [0.29, 0.717) is 5.25 Å². The molecule has 0 amide bonds. The summed E-state index contributed by atoms with van der Waals surface area (Å²) in [6.45, 7) is 4.03. The van der Waals surface area contributed by atoms with Crippen LogP contribution in [0.1, 0.15) is 26.2 Å². The fraction of sp³-hybridized carbons (Fsp3) is 1.00. The lowest BCUT2D eigenvalue weighted by atomic mass is 10.3. The normalized spacial score (nSPS) is 22.2. The Morgan fingerprint density at radius 3 is 2.75 bits per heavy atom. The summed E-state index contributed by atoms with van der Waals surface area (Å²) >= 11 is 0. The smallest absolute Gasteiger partial charge is 0.0441 e. The van der Waals surface area contributed by atoms with Gasteiger partial charge in [-0.2, -0.15) is 0 Å². The molecule has 2 nitrogen and oxygen atoms in total. The van der Waals surface area contributed by atoms with E-state index in [1.807, 2.05) is 6.92 Å². The Labute approximate surface area is 77.6 Å². The first kappa shape index (κ1) is 10.2. The Morgan fingerprint density at radius 1 is 1.58 bits per heavy atom. The molecule has 1 rings (SSSR count). The van der Waals surface area contributed by atoms with Crippen LogP contribution in [0.2, 0.25) is 0 Å². The molecule has 1 aliphatic carbocycles. The summed E-state index contributed by atoms with van der Waals surface area (Å²) in [4.78, 5) is 0. The molecule has 0 aromatic heterocycles. The fourth-order valence-electron chi connectivity index (χ4n) is 1.14. The minimum absolute atomic E-state index is 0.296. The minimum atomic E-state index is -0.671. The van der Waals surface area contributed by atoms with Gasteiger partial charge in [-0.05, 0) is 25.8 Å². The Bertz CT molecular complexity index is 157. The summed E-state index contributed by atoms with van der Waals surface area (Å²) in [5.41, 5.74) is 0. The van der Waals surface area contributed by atoms with Crippen LogP contribution in [0.5, 0.6) is 0 Å². The molecule has 0 aliphatic heterocycles. The van der Waals surface area contributed by atoms with E-state index < -0.39 is 10.8 Å². The SMILES string of the molecule is CC(CNCCC1CC1)S(C)=O. The second-order valence-electron chi connectivity index (χ2n) is 3.75. The first-order valence-electron chi connectivity index (χ1n) is 4.73. The zero-order chi connectivity index (χ0) is 8.97. The molecule has 1 saturated carbocycles. The van der Waals surface area contributed by atoms with Crippen LogP contribution in [0.3, 0.4) is 0 Å². The van der Waals surface area contributed by atoms with Gasteiger partial charge in [-0.1, -0.05) is 12.8 Å². The zero-order valence-electron chi connectivity index (χ0n) is 8.01. The van der Waals surface area contributed by atoms with Crippen LogP contribution >= 0.6 is 0 Å². The molecule has 1 aliphatic rings. The number of nitrogens with one attached hydrogen (secondary N) is 1. The molecule has 0 heterocycles. The standard InChI is InChI=1S/C9H19NOS/c1-8(12(2)11)7-10-6-5-9-3-4-9/h8-10H,3-7H2,1-2H3. The maximum atomic E-state index is 11.0. The van der Waals surface area contributed by atoms with E-state index >= 15 is 0 Å². The van der Waals surface area contributed by atoms with E-state index in [2.05, 4.69) is 5.32 Å². The van der Waals surface area contributed by atoms with Gasteiger partial charge in [0.15, 0.2) is 0 Å². The maximum absolute atomic E-state index is 11.0. The van der Waals surface area contributed by atoms with Gasteiger partial charge in [-0.25, -0.2) is 0 Å². The monoisotopic (exact) mass is 189 g/mol. The molecule has 0 radical (unpaired) electrons. The van der Waals surface area contributed by atoms with Crippen molar-refractivity contribution in [1.82, 2.24) is 5.32 Å². The van der Waals surface area contributed by atoms with Gasteiger partial charge < -0.3 is 5.32 Å². The molecule has 0 bridgehead atoms. The molecule has 0 aromatic rings. The summed E-state index contributed by atoms with van der Waals surface area (Å²) in [5.74, 6) is 1.000. The second kappa shape index (κ2) is 4.97. The number of rotatable bonds is 6. The summed E-state index contributed by atoms with van der Waals surface area (Å²) in [5, 5.41) is 3.64. The van der Waals surface area contributed by atoms with Crippen molar-refractivity contribution in [3.05, 3.63) is 0 Å². The number of hydrogen-bond donors (Lipinski definition) is 1. The van der Waals surface area contributed by atoms with E-state index in [1.165, 1.54) is 19.3 Å². The van der Waals surface area contributed by atoms with Gasteiger partial charge in [0.2, 0.25) is 0 Å². The molecular weight excluding hydrogens is 170 g/mol. The lowest BCUT2D eigenvalue weighted by Gasteiger charge is -2.08. The first-order chi connectivity index (χ1) is 5.70. The highest BCUT2D eigenvalue weighted by molar-refractivity contribution is 7.84. The van der Waals surface area contributed by atoms with Crippen molar-refractivity contribution in [3.8, 4) is 0 Å². The molecule has 2 unspecified atom stereocenters. The van der Waals surface area contributed by atoms with Gasteiger partial charge in [0.1, 0.15) is 0 Å². The van der Waals surface area contributed by atoms with E-state index in [-0.39, 0.29) is 0 Å². The quantitative estimate of drug-likeness (QED) is 0.635. The van der Waals surface area contributed by atoms with Crippen LogP contribution in [-0.2, 0) is 10.8 Å². The van der Waals surface area contributed by atoms with Gasteiger partial charge in [-0.15, -0.1) is 0 Å². The lowest BCUT2D eigenvalue weighted by Crippen LogP contribution is -2.28. The molecule has 12 heavy (non-hydrogen) atoms. The van der Waals surface area contributed by atoms with Gasteiger partial charge in [0.05, 0.1) is 0 Å². The van der Waals surface area contributed by atoms with E-state index in [9.17, 15) is 4.21 Å². The fourth-order valence-corrected chi connectivity index (χ4v) is 1.49. The average Bonchev–Trinajstić information content (AvgIpc) is 2.80. The zero-order valence-corrected chi connectivity index (χ0v) is 8.82. The van der Waals surface area contributed by atoms with Crippen molar-refractivity contribution in [2.24, 2.45) is 5.92 Å². The summed E-state index contributed by atoms with van der Waals surface area (Å²) in [6.07, 6.45) is 5.93. The molecule has 0 spiro atoms. The topological polar surface area (TPSA) is 29.1 Å². The Balaban J connectivity index is 1.89. The Hall–Kier alpha value is 0.110. The number of hydrogen-bond acceptors (Lipinski definition) is 2. The van der Waals surface area contributed by atoms with Crippen molar-refractivity contribution in [1.29, 1.82) is 0 Å². The minimum Gasteiger partial charge on any atom is -0.316 e. The van der Waals surface area contributed by atoms with Crippen LogP contribution in [0.15, 0.2) is 0 Å². The van der Waals surface area contributed by atoms with Crippen molar-refractivity contribution < 1.29 is 4.21 Å². The summed E-state index contributed by atoms with van der Waals surface area (Å²) < 4.78 is 11.0. The van der Waals surface area contributed by atoms with E-state index in [0.717, 1.165) is 19.0 Å². The second-order valence-corrected chi connectivity index (χ2v) is 5.55. The van der Waals surface area contributed by atoms with Gasteiger partial charge >= 0.3 is 0 Å². The van der Waals surface area contributed by atoms with Crippen LogP contribution in [0.25, 0.3) is 0 Å². The molecule has 2 atom stereocenters. The first-order valence-corrected chi connectivity index (χ1v) is 6.35. The van der Waals surface area contributed by atoms with E-state index in [4.69, 9.17) is 0 Å². The van der Waals surface area contributed by atoms with Crippen LogP contribution < -0.4 is 5.32 Å². The van der Waals surface area contributed by atoms with Crippen molar-refractivity contribution in [2.45, 2.75) is 31.4 Å². The highest BCUT2D eigenvalue weighted by atomic mass is 32.2. The summed E-state index contributed by atoms with van der Waals surface area (Å²) in [6, 6.07) is 0. The molecule has 3 heteroatoms. The predicted octanol–water partition coefficient (Wildman–Crippen LogP) is 1.14. The third kappa shape index (κ3) is 4.21. The lowest BCUT2D eigenvalue weighted by molar-refractivity contribution is 0.603. The predicted molar refractivity (Wildman–Crippen MR) is 53.7 cm³/mol. The van der Waals surface area contributed by atoms with Gasteiger partial charge in [-0.3, -0.25) is 4.21 Å². The van der Waals surface area contributed by atoms with Crippen LogP contribution in [0.4, 0.5) is 0 Å². The van der Waals surface area contributed by atoms with Crippen molar-refractivity contribution >= 4 is 10.8 Å². The Kier molecular flexibility index (Phi) is 4.22. The van der Waals surface area contributed by atoms with Gasteiger partial charge in [0, 0.05) is 28.9 Å². The third-order valence-corrected chi connectivity index (χ3v) is 3.72. The Morgan fingerprint density at radius 2 is 2.25 bits per heavy atom. The highest BCUT2D eigenvalue weighted by Gasteiger charge is 2.20. The molecular formula is C9H19NOS. The third-order valence-electron chi connectivity index (χ3n) is 2.42. The van der Waals surface area contributed by atoms with Crippen molar-refractivity contribution in [3.63, 3.8) is 0 Å². The average molecular weight is 189 g/mol. The van der Waals surface area contributed by atoms with Crippen LogP contribution in [0, 0.1) is 5.92 Å².